The highest BCUT2D eigenvalue weighted by atomic mass is 35.5. The Labute approximate surface area is 170 Å². The van der Waals surface area contributed by atoms with Gasteiger partial charge in [-0.25, -0.2) is 0 Å². The van der Waals surface area contributed by atoms with Crippen molar-refractivity contribution < 1.29 is 9.59 Å². The maximum atomic E-state index is 12.6. The van der Waals surface area contributed by atoms with E-state index in [2.05, 4.69) is 5.32 Å². The molecule has 2 aliphatic heterocycles. The Balaban J connectivity index is 0.00000243. The third kappa shape index (κ3) is 5.49. The van der Waals surface area contributed by atoms with Crippen LogP contribution in [0, 0.1) is 5.92 Å². The van der Waals surface area contributed by atoms with Crippen molar-refractivity contribution in [3.05, 3.63) is 33.8 Å². The Kier molecular flexibility index (Phi) is 8.02. The molecule has 2 amide bonds. The van der Waals surface area contributed by atoms with Crippen LogP contribution in [0.1, 0.15) is 29.6 Å². The van der Waals surface area contributed by atoms with Crippen molar-refractivity contribution in [3.63, 3.8) is 0 Å². The summed E-state index contributed by atoms with van der Waals surface area (Å²) in [6.45, 7) is 4.34. The molecule has 8 heteroatoms. The van der Waals surface area contributed by atoms with Crippen molar-refractivity contribution in [2.24, 2.45) is 5.92 Å². The summed E-state index contributed by atoms with van der Waals surface area (Å²) in [7, 11) is 0. The summed E-state index contributed by atoms with van der Waals surface area (Å²) >= 11 is 11.9. The summed E-state index contributed by atoms with van der Waals surface area (Å²) in [6, 6.07) is 4.86. The van der Waals surface area contributed by atoms with Gasteiger partial charge >= 0.3 is 0 Å². The Morgan fingerprint density at radius 1 is 1.04 bits per heavy atom. The molecule has 5 nitrogen and oxygen atoms in total. The number of carbonyl (C=O) groups is 2. The molecule has 2 saturated heterocycles. The monoisotopic (exact) mass is 419 g/mol. The van der Waals surface area contributed by atoms with Crippen molar-refractivity contribution in [3.8, 4) is 0 Å². The quantitative estimate of drug-likeness (QED) is 0.814. The van der Waals surface area contributed by atoms with Crippen molar-refractivity contribution >= 4 is 47.4 Å². The lowest BCUT2D eigenvalue weighted by atomic mass is 10.0. The van der Waals surface area contributed by atoms with Crippen molar-refractivity contribution in [1.29, 1.82) is 0 Å². The second-order valence-electron chi connectivity index (χ2n) is 6.73. The van der Waals surface area contributed by atoms with E-state index in [9.17, 15) is 9.59 Å². The maximum absolute atomic E-state index is 12.6. The molecule has 2 fully saturated rings. The number of nitrogens with zero attached hydrogens (tertiary/aromatic N) is 2. The summed E-state index contributed by atoms with van der Waals surface area (Å²) in [5.74, 6) is 0.734. The van der Waals surface area contributed by atoms with E-state index in [-0.39, 0.29) is 24.2 Å². The lowest BCUT2D eigenvalue weighted by Gasteiger charge is -2.35. The predicted octanol–water partition coefficient (Wildman–Crippen LogP) is 3.09. The van der Waals surface area contributed by atoms with Gasteiger partial charge in [0.15, 0.2) is 0 Å². The van der Waals surface area contributed by atoms with Crippen LogP contribution in [0.4, 0.5) is 0 Å². The third-order valence-corrected chi connectivity index (χ3v) is 5.39. The van der Waals surface area contributed by atoms with E-state index in [0.717, 1.165) is 25.9 Å². The first-order valence-electron chi connectivity index (χ1n) is 8.77. The van der Waals surface area contributed by atoms with Crippen LogP contribution in [0.15, 0.2) is 18.2 Å². The van der Waals surface area contributed by atoms with Crippen molar-refractivity contribution in [2.75, 3.05) is 39.3 Å². The fraction of sp³-hybridized carbons (Fsp3) is 0.556. The fourth-order valence-corrected chi connectivity index (χ4v) is 3.99. The lowest BCUT2D eigenvalue weighted by molar-refractivity contribution is -0.132. The number of amides is 2. The molecule has 26 heavy (non-hydrogen) atoms. The molecular formula is C18H24Cl3N3O2. The number of hydrogen-bond donors (Lipinski definition) is 1. The molecular weight excluding hydrogens is 397 g/mol. The Morgan fingerprint density at radius 3 is 2.23 bits per heavy atom. The van der Waals surface area contributed by atoms with Gasteiger partial charge in [0.05, 0.1) is 0 Å². The molecule has 1 unspecified atom stereocenters. The van der Waals surface area contributed by atoms with E-state index in [4.69, 9.17) is 23.2 Å². The molecule has 2 aliphatic rings. The lowest BCUT2D eigenvalue weighted by Crippen LogP contribution is -2.50. The fourth-order valence-electron chi connectivity index (χ4n) is 3.47. The number of hydrogen-bond acceptors (Lipinski definition) is 3. The predicted molar refractivity (Wildman–Crippen MR) is 106 cm³/mol. The van der Waals surface area contributed by atoms with Gasteiger partial charge in [0.1, 0.15) is 0 Å². The van der Waals surface area contributed by atoms with Gasteiger partial charge in [-0.15, -0.1) is 12.4 Å². The van der Waals surface area contributed by atoms with E-state index in [1.54, 1.807) is 23.1 Å². The van der Waals surface area contributed by atoms with E-state index in [1.807, 2.05) is 4.90 Å². The van der Waals surface area contributed by atoms with Crippen LogP contribution in [0.25, 0.3) is 0 Å². The van der Waals surface area contributed by atoms with Gasteiger partial charge in [0.25, 0.3) is 5.91 Å². The van der Waals surface area contributed by atoms with Gasteiger partial charge in [-0.05, 0) is 50.0 Å². The number of piperazine rings is 1. The Bertz CT molecular complexity index is 622. The summed E-state index contributed by atoms with van der Waals surface area (Å²) in [4.78, 5) is 28.6. The van der Waals surface area contributed by atoms with Crippen LogP contribution < -0.4 is 5.32 Å². The molecule has 0 aliphatic carbocycles. The first kappa shape index (κ1) is 21.3. The number of nitrogens with one attached hydrogen (secondary N) is 1. The summed E-state index contributed by atoms with van der Waals surface area (Å²) in [6.07, 6.45) is 2.72. The number of carbonyl (C=O) groups excluding carboxylic acids is 2. The van der Waals surface area contributed by atoms with Crippen LogP contribution in [0.5, 0.6) is 0 Å². The van der Waals surface area contributed by atoms with Gasteiger partial charge < -0.3 is 15.1 Å². The average Bonchev–Trinajstić information content (AvgIpc) is 3.12. The molecule has 1 N–H and O–H groups in total. The van der Waals surface area contributed by atoms with Gasteiger partial charge in [-0.2, -0.15) is 0 Å². The molecule has 0 radical (unpaired) electrons. The molecule has 1 aromatic carbocycles. The van der Waals surface area contributed by atoms with Gasteiger partial charge in [0.2, 0.25) is 5.91 Å². The smallest absolute Gasteiger partial charge is 0.254 e. The second-order valence-corrected chi connectivity index (χ2v) is 7.60. The zero-order chi connectivity index (χ0) is 17.8. The largest absolute Gasteiger partial charge is 0.339 e. The minimum Gasteiger partial charge on any atom is -0.339 e. The number of rotatable bonds is 4. The van der Waals surface area contributed by atoms with Crippen LogP contribution in [0.3, 0.4) is 0 Å². The molecule has 0 saturated carbocycles. The van der Waals surface area contributed by atoms with Gasteiger partial charge in [-0.1, -0.05) is 23.2 Å². The first-order valence-corrected chi connectivity index (χ1v) is 9.52. The Hall–Kier alpha value is -1.01. The van der Waals surface area contributed by atoms with Crippen LogP contribution in [0.2, 0.25) is 10.0 Å². The summed E-state index contributed by atoms with van der Waals surface area (Å²) in [5.41, 5.74) is 0.492. The summed E-state index contributed by atoms with van der Waals surface area (Å²) in [5, 5.41) is 4.23. The standard InChI is InChI=1S/C18H23Cl2N3O2.ClH/c19-15-9-14(10-16(20)11-15)18(25)23-7-5-22(6-8-23)17(24)2-1-13-3-4-21-12-13;/h9-11,13,21H,1-8,12H2;1H. The molecule has 1 atom stereocenters. The zero-order valence-corrected chi connectivity index (χ0v) is 16.9. The minimum absolute atomic E-state index is 0. The Morgan fingerprint density at radius 2 is 1.65 bits per heavy atom. The molecule has 144 valence electrons. The highest BCUT2D eigenvalue weighted by Gasteiger charge is 2.26. The van der Waals surface area contributed by atoms with E-state index >= 15 is 0 Å². The number of benzene rings is 1. The average molecular weight is 421 g/mol. The van der Waals surface area contributed by atoms with Crippen molar-refractivity contribution in [2.45, 2.75) is 19.3 Å². The minimum atomic E-state index is -0.0893. The normalized spacial score (nSPS) is 20.0. The van der Waals surface area contributed by atoms with E-state index in [1.165, 1.54) is 0 Å². The van der Waals surface area contributed by atoms with Gasteiger partial charge in [-0.3, -0.25) is 9.59 Å². The molecule has 2 heterocycles. The second kappa shape index (κ2) is 9.79. The molecule has 0 bridgehead atoms. The van der Waals surface area contributed by atoms with Gasteiger partial charge in [0, 0.05) is 48.2 Å². The van der Waals surface area contributed by atoms with Crippen molar-refractivity contribution in [1.82, 2.24) is 15.1 Å². The molecule has 0 aromatic heterocycles. The van der Waals surface area contributed by atoms with Crippen LogP contribution in [-0.2, 0) is 4.79 Å². The van der Waals surface area contributed by atoms with E-state index in [0.29, 0.717) is 54.1 Å². The highest BCUT2D eigenvalue weighted by Crippen LogP contribution is 2.21. The molecule has 0 spiro atoms. The number of halogens is 3. The highest BCUT2D eigenvalue weighted by molar-refractivity contribution is 6.35. The van der Waals surface area contributed by atoms with Crippen LogP contribution in [-0.4, -0.2) is 60.9 Å². The van der Waals surface area contributed by atoms with Crippen LogP contribution >= 0.6 is 35.6 Å². The first-order chi connectivity index (χ1) is 12.0. The summed E-state index contributed by atoms with van der Waals surface area (Å²) < 4.78 is 0. The molecule has 3 rings (SSSR count). The SMILES string of the molecule is Cl.O=C(CCC1CCNC1)N1CCN(C(=O)c2cc(Cl)cc(Cl)c2)CC1. The topological polar surface area (TPSA) is 52.7 Å². The van der Waals surface area contributed by atoms with E-state index < -0.39 is 0 Å². The third-order valence-electron chi connectivity index (χ3n) is 4.96. The zero-order valence-electron chi connectivity index (χ0n) is 14.5. The molecule has 1 aromatic rings. The maximum Gasteiger partial charge on any atom is 0.254 e.